The van der Waals surface area contributed by atoms with Gasteiger partial charge in [-0.3, -0.25) is 14.2 Å². The monoisotopic (exact) mass is 462 g/mol. The van der Waals surface area contributed by atoms with Crippen LogP contribution in [-0.4, -0.2) is 36.7 Å². The fourth-order valence-electron chi connectivity index (χ4n) is 3.23. The van der Waals surface area contributed by atoms with Gasteiger partial charge in [-0.05, 0) is 44.4 Å². The Kier molecular flexibility index (Phi) is 9.56. The maximum absolute atomic E-state index is 12.7. The molecule has 0 saturated heterocycles. The summed E-state index contributed by atoms with van der Waals surface area (Å²) in [7, 11) is 1.55. The lowest BCUT2D eigenvalue weighted by Gasteiger charge is -2.18. The Morgan fingerprint density at radius 2 is 1.91 bits per heavy atom. The number of rotatable bonds is 13. The molecule has 1 aromatic carbocycles. The van der Waals surface area contributed by atoms with Crippen LogP contribution in [0, 0.1) is 0 Å². The lowest BCUT2D eigenvalue weighted by Crippen LogP contribution is -2.42. The standard InChI is InChI=1S/C23H34N4O4S/c1-5-6-7-8-9-15-27-20(28)19(25-26(4)22(27)31)24-14-13-17-11-10-12-18(16-17)32-23(2,3)21(29)30/h10-12,16H,5-9,13-15H2,1-4H3,(H,24,25)(H,29,30). The summed E-state index contributed by atoms with van der Waals surface area (Å²) >= 11 is 1.29. The number of carboxylic acids is 1. The second kappa shape index (κ2) is 11.9. The van der Waals surface area contributed by atoms with Crippen LogP contribution >= 0.6 is 11.8 Å². The number of hydrogen-bond acceptors (Lipinski definition) is 6. The van der Waals surface area contributed by atoms with Gasteiger partial charge in [0, 0.05) is 25.0 Å². The van der Waals surface area contributed by atoms with E-state index in [9.17, 15) is 19.5 Å². The zero-order chi connectivity index (χ0) is 23.7. The number of benzene rings is 1. The third kappa shape index (κ3) is 7.25. The average Bonchev–Trinajstić information content (AvgIpc) is 2.73. The number of nitrogens with zero attached hydrogens (tertiary/aromatic N) is 3. The van der Waals surface area contributed by atoms with Gasteiger partial charge in [-0.25, -0.2) is 9.48 Å². The van der Waals surface area contributed by atoms with Gasteiger partial charge in [0.2, 0.25) is 5.82 Å². The molecule has 0 atom stereocenters. The van der Waals surface area contributed by atoms with E-state index in [1.807, 2.05) is 24.3 Å². The SMILES string of the molecule is CCCCCCCn1c(=O)c(NCCc2cccc(SC(C)(C)C(=O)O)c2)nn(C)c1=O. The Labute approximate surface area is 193 Å². The number of thioether (sulfide) groups is 1. The minimum Gasteiger partial charge on any atom is -0.480 e. The molecule has 0 spiro atoms. The number of unbranched alkanes of at least 4 members (excludes halogenated alkanes) is 4. The molecule has 0 radical (unpaired) electrons. The molecule has 9 heteroatoms. The van der Waals surface area contributed by atoms with E-state index in [0.29, 0.717) is 19.5 Å². The van der Waals surface area contributed by atoms with Crippen LogP contribution in [0.4, 0.5) is 5.82 Å². The molecule has 176 valence electrons. The van der Waals surface area contributed by atoms with Crippen LogP contribution in [0.15, 0.2) is 38.8 Å². The first-order valence-corrected chi connectivity index (χ1v) is 11.9. The van der Waals surface area contributed by atoms with Gasteiger partial charge in [0.15, 0.2) is 0 Å². The fourth-order valence-corrected chi connectivity index (χ4v) is 4.27. The molecule has 1 heterocycles. The highest BCUT2D eigenvalue weighted by molar-refractivity contribution is 8.01. The van der Waals surface area contributed by atoms with Crippen LogP contribution in [0.1, 0.15) is 58.4 Å². The van der Waals surface area contributed by atoms with E-state index in [1.54, 1.807) is 20.9 Å². The first kappa shape index (κ1) is 25.7. The molecule has 8 nitrogen and oxygen atoms in total. The number of aromatic nitrogens is 3. The van der Waals surface area contributed by atoms with Crippen molar-refractivity contribution in [3.8, 4) is 0 Å². The summed E-state index contributed by atoms with van der Waals surface area (Å²) < 4.78 is 1.53. The van der Waals surface area contributed by atoms with Crippen LogP contribution in [0.5, 0.6) is 0 Å². The number of hydrogen-bond donors (Lipinski definition) is 2. The molecule has 2 aromatic rings. The third-order valence-electron chi connectivity index (χ3n) is 5.18. The van der Waals surface area contributed by atoms with Gasteiger partial charge in [-0.2, -0.15) is 0 Å². The third-order valence-corrected chi connectivity index (χ3v) is 6.36. The molecule has 32 heavy (non-hydrogen) atoms. The van der Waals surface area contributed by atoms with Gasteiger partial charge in [-0.15, -0.1) is 16.9 Å². The average molecular weight is 463 g/mol. The number of nitrogens with one attached hydrogen (secondary N) is 1. The van der Waals surface area contributed by atoms with Crippen LogP contribution in [-0.2, 0) is 24.8 Å². The van der Waals surface area contributed by atoms with E-state index in [0.717, 1.165) is 42.6 Å². The number of aryl methyl sites for hydroxylation is 1. The summed E-state index contributed by atoms with van der Waals surface area (Å²) in [5, 5.41) is 16.5. The van der Waals surface area contributed by atoms with Crippen molar-refractivity contribution in [3.63, 3.8) is 0 Å². The van der Waals surface area contributed by atoms with Crippen molar-refractivity contribution in [1.82, 2.24) is 14.3 Å². The largest absolute Gasteiger partial charge is 0.480 e. The number of anilines is 1. The molecule has 0 amide bonds. The van der Waals surface area contributed by atoms with E-state index in [1.165, 1.54) is 21.0 Å². The van der Waals surface area contributed by atoms with Gasteiger partial charge >= 0.3 is 11.7 Å². The normalized spacial score (nSPS) is 11.5. The van der Waals surface area contributed by atoms with E-state index < -0.39 is 22.0 Å². The quantitative estimate of drug-likeness (QED) is 0.346. The maximum Gasteiger partial charge on any atom is 0.347 e. The summed E-state index contributed by atoms with van der Waals surface area (Å²) in [6.07, 6.45) is 5.80. The minimum atomic E-state index is -0.919. The lowest BCUT2D eigenvalue weighted by molar-refractivity contribution is -0.138. The zero-order valence-electron chi connectivity index (χ0n) is 19.4. The molecule has 2 N–H and O–H groups in total. The molecule has 1 aromatic heterocycles. The van der Waals surface area contributed by atoms with Crippen molar-refractivity contribution in [2.75, 3.05) is 11.9 Å². The minimum absolute atomic E-state index is 0.165. The number of aliphatic carboxylic acids is 1. The highest BCUT2D eigenvalue weighted by Crippen LogP contribution is 2.33. The van der Waals surface area contributed by atoms with Crippen molar-refractivity contribution in [2.24, 2.45) is 7.05 Å². The van der Waals surface area contributed by atoms with Crippen LogP contribution in [0.3, 0.4) is 0 Å². The molecular weight excluding hydrogens is 428 g/mol. The van der Waals surface area contributed by atoms with E-state index in [2.05, 4.69) is 17.3 Å². The molecule has 0 fully saturated rings. The van der Waals surface area contributed by atoms with Gasteiger partial charge < -0.3 is 10.4 Å². The van der Waals surface area contributed by atoms with Gasteiger partial charge in [0.25, 0.3) is 5.56 Å². The molecule has 0 aliphatic rings. The zero-order valence-corrected chi connectivity index (χ0v) is 20.2. The predicted molar refractivity (Wildman–Crippen MR) is 129 cm³/mol. The lowest BCUT2D eigenvalue weighted by atomic mass is 10.1. The predicted octanol–water partition coefficient (Wildman–Crippen LogP) is 3.52. The van der Waals surface area contributed by atoms with E-state index in [-0.39, 0.29) is 5.82 Å². The Hall–Kier alpha value is -2.55. The van der Waals surface area contributed by atoms with Gasteiger partial charge in [0.1, 0.15) is 4.75 Å². The summed E-state index contributed by atoms with van der Waals surface area (Å²) in [6, 6.07) is 7.70. The molecule has 2 rings (SSSR count). The summed E-state index contributed by atoms with van der Waals surface area (Å²) in [5.41, 5.74) is 0.225. The van der Waals surface area contributed by atoms with Crippen molar-refractivity contribution >= 4 is 23.5 Å². The topological polar surface area (TPSA) is 106 Å². The molecule has 0 bridgehead atoms. The molecular formula is C23H34N4O4S. The van der Waals surface area contributed by atoms with Crippen LogP contribution in [0.25, 0.3) is 0 Å². The van der Waals surface area contributed by atoms with Crippen molar-refractivity contribution in [3.05, 3.63) is 50.7 Å². The van der Waals surface area contributed by atoms with Crippen LogP contribution in [0.2, 0.25) is 0 Å². The summed E-state index contributed by atoms with van der Waals surface area (Å²) in [5.74, 6) is -0.699. The Bertz CT molecular complexity index is 1030. The van der Waals surface area contributed by atoms with Crippen molar-refractivity contribution in [1.29, 1.82) is 0 Å². The van der Waals surface area contributed by atoms with Gasteiger partial charge in [0.05, 0.1) is 0 Å². The molecule has 0 saturated carbocycles. The first-order valence-electron chi connectivity index (χ1n) is 11.1. The van der Waals surface area contributed by atoms with E-state index >= 15 is 0 Å². The maximum atomic E-state index is 12.7. The second-order valence-electron chi connectivity index (χ2n) is 8.37. The second-order valence-corrected chi connectivity index (χ2v) is 10.1. The molecule has 0 aliphatic carbocycles. The summed E-state index contributed by atoms with van der Waals surface area (Å²) in [6.45, 7) is 6.36. The Morgan fingerprint density at radius 3 is 2.59 bits per heavy atom. The Morgan fingerprint density at radius 1 is 1.19 bits per heavy atom. The van der Waals surface area contributed by atoms with Crippen molar-refractivity contribution in [2.45, 2.75) is 75.5 Å². The number of carboxylic acid groups (broad SMARTS) is 1. The smallest absolute Gasteiger partial charge is 0.347 e. The van der Waals surface area contributed by atoms with Gasteiger partial charge in [-0.1, -0.05) is 44.7 Å². The van der Waals surface area contributed by atoms with Crippen LogP contribution < -0.4 is 16.6 Å². The van der Waals surface area contributed by atoms with Crippen molar-refractivity contribution < 1.29 is 9.90 Å². The first-order chi connectivity index (χ1) is 15.2. The van der Waals surface area contributed by atoms with E-state index in [4.69, 9.17) is 0 Å². The number of carbonyl (C=O) groups is 1. The summed E-state index contributed by atoms with van der Waals surface area (Å²) in [4.78, 5) is 37.3. The highest BCUT2D eigenvalue weighted by atomic mass is 32.2. The Balaban J connectivity index is 2.02. The molecule has 0 aliphatic heterocycles. The fraction of sp³-hybridized carbons (Fsp3) is 0.565. The molecule has 0 unspecified atom stereocenters. The highest BCUT2D eigenvalue weighted by Gasteiger charge is 2.28.